The fourth-order valence-corrected chi connectivity index (χ4v) is 3.93. The lowest BCUT2D eigenvalue weighted by Crippen LogP contribution is -2.44. The smallest absolute Gasteiger partial charge is 0.223 e. The Morgan fingerprint density at radius 3 is 2.44 bits per heavy atom. The van der Waals surface area contributed by atoms with E-state index >= 15 is 0 Å². The number of carbonyl (C=O) groups excluding carboxylic acids is 1. The number of allylic oxidation sites excluding steroid dienone is 2. The molecular weight excluding hydrogens is 224 g/mol. The molecule has 18 heavy (non-hydrogen) atoms. The molecule has 3 rings (SSSR count). The quantitative estimate of drug-likeness (QED) is 0.734. The van der Waals surface area contributed by atoms with E-state index in [1.54, 1.807) is 0 Å². The second-order valence-corrected chi connectivity index (χ2v) is 6.32. The predicted molar refractivity (Wildman–Crippen MR) is 71.8 cm³/mol. The zero-order chi connectivity index (χ0) is 12.5. The molecule has 0 aromatic carbocycles. The van der Waals surface area contributed by atoms with Crippen LogP contribution in [-0.2, 0) is 4.79 Å². The Hall–Kier alpha value is -0.830. The molecule has 2 saturated carbocycles. The molecule has 0 aliphatic heterocycles. The lowest BCUT2D eigenvalue weighted by Gasteiger charge is -2.37. The highest BCUT2D eigenvalue weighted by Gasteiger charge is 2.47. The summed E-state index contributed by atoms with van der Waals surface area (Å²) in [5.41, 5.74) is 5.99. The number of hydrogen-bond donors (Lipinski definition) is 2. The third-order valence-corrected chi connectivity index (χ3v) is 5.12. The van der Waals surface area contributed by atoms with Crippen LogP contribution in [0.5, 0.6) is 0 Å². The maximum atomic E-state index is 12.3. The van der Waals surface area contributed by atoms with Crippen LogP contribution in [0.2, 0.25) is 0 Å². The molecule has 0 radical (unpaired) electrons. The third kappa shape index (κ3) is 2.33. The van der Waals surface area contributed by atoms with Gasteiger partial charge in [-0.3, -0.25) is 4.79 Å². The normalized spacial score (nSPS) is 39.8. The van der Waals surface area contributed by atoms with E-state index in [0.29, 0.717) is 23.9 Å². The molecule has 4 unspecified atom stereocenters. The van der Waals surface area contributed by atoms with Gasteiger partial charge in [-0.25, -0.2) is 0 Å². The summed E-state index contributed by atoms with van der Waals surface area (Å²) < 4.78 is 0. The van der Waals surface area contributed by atoms with Crippen molar-refractivity contribution in [3.05, 3.63) is 12.2 Å². The van der Waals surface area contributed by atoms with Crippen molar-refractivity contribution in [3.63, 3.8) is 0 Å². The molecular formula is C15H24N2O. The SMILES string of the molecule is NC1CC2CC(C(=O)NC3CCC=CCC3)CC12. The van der Waals surface area contributed by atoms with E-state index in [2.05, 4.69) is 17.5 Å². The molecule has 0 saturated heterocycles. The molecule has 1 amide bonds. The molecule has 0 spiro atoms. The second-order valence-electron chi connectivity index (χ2n) is 6.32. The van der Waals surface area contributed by atoms with E-state index in [9.17, 15) is 4.79 Å². The van der Waals surface area contributed by atoms with Crippen LogP contribution >= 0.6 is 0 Å². The van der Waals surface area contributed by atoms with E-state index in [0.717, 1.165) is 50.9 Å². The van der Waals surface area contributed by atoms with Crippen LogP contribution in [0, 0.1) is 17.8 Å². The number of nitrogens with one attached hydrogen (secondary N) is 1. The van der Waals surface area contributed by atoms with Crippen LogP contribution in [0.1, 0.15) is 44.9 Å². The number of hydrogen-bond acceptors (Lipinski definition) is 2. The standard InChI is InChI=1S/C15H24N2O/c16-14-9-10-7-11(8-13(10)14)15(18)17-12-5-3-1-2-4-6-12/h1-2,10-14H,3-9,16H2,(H,17,18). The van der Waals surface area contributed by atoms with Gasteiger partial charge in [-0.05, 0) is 56.8 Å². The maximum Gasteiger partial charge on any atom is 0.223 e. The molecule has 0 heterocycles. The van der Waals surface area contributed by atoms with Crippen LogP contribution in [0.25, 0.3) is 0 Å². The number of rotatable bonds is 2. The predicted octanol–water partition coefficient (Wildman–Crippen LogP) is 1.97. The minimum absolute atomic E-state index is 0.241. The minimum Gasteiger partial charge on any atom is -0.353 e. The van der Waals surface area contributed by atoms with E-state index < -0.39 is 0 Å². The van der Waals surface area contributed by atoms with Crippen LogP contribution in [0.15, 0.2) is 12.2 Å². The molecule has 0 aromatic rings. The molecule has 3 aliphatic rings. The number of nitrogens with two attached hydrogens (primary N) is 1. The lowest BCUT2D eigenvalue weighted by atomic mass is 9.72. The molecule has 3 aliphatic carbocycles. The van der Waals surface area contributed by atoms with Crippen molar-refractivity contribution in [3.8, 4) is 0 Å². The maximum absolute atomic E-state index is 12.3. The zero-order valence-electron chi connectivity index (χ0n) is 11.0. The first-order valence-corrected chi connectivity index (χ1v) is 7.45. The van der Waals surface area contributed by atoms with Gasteiger partial charge in [0.15, 0.2) is 0 Å². The molecule has 2 fully saturated rings. The van der Waals surface area contributed by atoms with Gasteiger partial charge >= 0.3 is 0 Å². The lowest BCUT2D eigenvalue weighted by molar-refractivity contribution is -0.125. The molecule has 100 valence electrons. The average molecular weight is 248 g/mol. The average Bonchev–Trinajstić information content (AvgIpc) is 2.52. The highest BCUT2D eigenvalue weighted by molar-refractivity contribution is 5.79. The first kappa shape index (κ1) is 12.2. The van der Waals surface area contributed by atoms with Gasteiger partial charge in [0.1, 0.15) is 0 Å². The summed E-state index contributed by atoms with van der Waals surface area (Å²) >= 11 is 0. The largest absolute Gasteiger partial charge is 0.353 e. The Bertz CT molecular complexity index is 342. The van der Waals surface area contributed by atoms with Crippen molar-refractivity contribution in [1.29, 1.82) is 0 Å². The summed E-state index contributed by atoms with van der Waals surface area (Å²) in [5, 5.41) is 3.26. The molecule has 0 bridgehead atoms. The topological polar surface area (TPSA) is 55.1 Å². The van der Waals surface area contributed by atoms with Crippen molar-refractivity contribution in [2.24, 2.45) is 23.5 Å². The minimum atomic E-state index is 0.241. The Morgan fingerprint density at radius 1 is 1.11 bits per heavy atom. The van der Waals surface area contributed by atoms with Crippen molar-refractivity contribution in [2.45, 2.75) is 57.0 Å². The number of fused-ring (bicyclic) bond motifs is 1. The Labute approximate surface area is 109 Å². The van der Waals surface area contributed by atoms with Gasteiger partial charge in [-0.1, -0.05) is 12.2 Å². The van der Waals surface area contributed by atoms with Crippen molar-refractivity contribution in [1.82, 2.24) is 5.32 Å². The zero-order valence-corrected chi connectivity index (χ0v) is 11.0. The molecule has 3 N–H and O–H groups in total. The first-order chi connectivity index (χ1) is 8.74. The Balaban J connectivity index is 1.49. The molecule has 3 nitrogen and oxygen atoms in total. The van der Waals surface area contributed by atoms with Crippen LogP contribution in [0.4, 0.5) is 0 Å². The van der Waals surface area contributed by atoms with E-state index in [4.69, 9.17) is 5.73 Å². The summed E-state index contributed by atoms with van der Waals surface area (Å²) in [6.07, 6.45) is 12.1. The van der Waals surface area contributed by atoms with Crippen LogP contribution in [0.3, 0.4) is 0 Å². The van der Waals surface area contributed by atoms with E-state index in [1.165, 1.54) is 0 Å². The van der Waals surface area contributed by atoms with E-state index in [1.807, 2.05) is 0 Å². The fraction of sp³-hybridized carbons (Fsp3) is 0.800. The summed E-state index contributed by atoms with van der Waals surface area (Å²) in [6, 6.07) is 0.759. The molecule has 3 heteroatoms. The van der Waals surface area contributed by atoms with Gasteiger partial charge in [0.2, 0.25) is 5.91 Å². The number of carbonyl (C=O) groups is 1. The fourth-order valence-electron chi connectivity index (χ4n) is 3.93. The Morgan fingerprint density at radius 2 is 1.83 bits per heavy atom. The van der Waals surface area contributed by atoms with Gasteiger partial charge in [0.25, 0.3) is 0 Å². The van der Waals surface area contributed by atoms with Gasteiger partial charge in [0.05, 0.1) is 0 Å². The van der Waals surface area contributed by atoms with Crippen molar-refractivity contribution in [2.75, 3.05) is 0 Å². The summed E-state index contributed by atoms with van der Waals surface area (Å²) in [4.78, 5) is 12.3. The third-order valence-electron chi connectivity index (χ3n) is 5.12. The van der Waals surface area contributed by atoms with Crippen LogP contribution in [-0.4, -0.2) is 18.0 Å². The summed E-state index contributed by atoms with van der Waals surface area (Å²) in [7, 11) is 0. The number of amides is 1. The second kappa shape index (κ2) is 5.04. The van der Waals surface area contributed by atoms with Gasteiger partial charge < -0.3 is 11.1 Å². The van der Waals surface area contributed by atoms with Crippen LogP contribution < -0.4 is 11.1 Å². The van der Waals surface area contributed by atoms with Gasteiger partial charge in [-0.15, -0.1) is 0 Å². The van der Waals surface area contributed by atoms with Crippen molar-refractivity contribution >= 4 is 5.91 Å². The van der Waals surface area contributed by atoms with E-state index in [-0.39, 0.29) is 5.92 Å². The summed E-state index contributed by atoms with van der Waals surface area (Å²) in [5.74, 6) is 1.91. The van der Waals surface area contributed by atoms with Gasteiger partial charge in [0, 0.05) is 18.0 Å². The highest BCUT2D eigenvalue weighted by Crippen LogP contribution is 2.48. The monoisotopic (exact) mass is 248 g/mol. The molecule has 0 aromatic heterocycles. The first-order valence-electron chi connectivity index (χ1n) is 7.45. The Kier molecular flexibility index (Phi) is 3.42. The summed E-state index contributed by atoms with van der Waals surface area (Å²) in [6.45, 7) is 0. The van der Waals surface area contributed by atoms with Crippen molar-refractivity contribution < 1.29 is 4.79 Å². The van der Waals surface area contributed by atoms with Gasteiger partial charge in [-0.2, -0.15) is 0 Å². The molecule has 4 atom stereocenters. The highest BCUT2D eigenvalue weighted by atomic mass is 16.1.